The summed E-state index contributed by atoms with van der Waals surface area (Å²) in [5.74, 6) is 1.77. The zero-order chi connectivity index (χ0) is 18.2. The summed E-state index contributed by atoms with van der Waals surface area (Å²) in [4.78, 5) is 11.1. The Morgan fingerprint density at radius 3 is 2.88 bits per heavy atom. The van der Waals surface area contributed by atoms with Crippen LogP contribution in [0.15, 0.2) is 24.3 Å². The largest absolute Gasteiger partial charge is 0.469 e. The molecule has 0 unspecified atom stereocenters. The van der Waals surface area contributed by atoms with Gasteiger partial charge in [-0.15, -0.1) is 5.10 Å². The zero-order valence-electron chi connectivity index (χ0n) is 14.5. The van der Waals surface area contributed by atoms with Crippen LogP contribution in [0.4, 0.5) is 11.5 Å². The number of thioether (sulfide) groups is 1. The van der Waals surface area contributed by atoms with Crippen LogP contribution in [-0.4, -0.2) is 29.0 Å². The van der Waals surface area contributed by atoms with E-state index < -0.39 is 0 Å². The highest BCUT2D eigenvalue weighted by Crippen LogP contribution is 2.23. The Labute approximate surface area is 151 Å². The zero-order valence-corrected chi connectivity index (χ0v) is 15.3. The Bertz CT molecular complexity index is 802. The number of benzene rings is 1. The molecule has 0 aliphatic rings. The molecule has 0 saturated carbocycles. The number of ether oxygens (including phenoxy) is 1. The molecule has 0 aliphatic heterocycles. The highest BCUT2D eigenvalue weighted by molar-refractivity contribution is 7.98. The van der Waals surface area contributed by atoms with E-state index in [4.69, 9.17) is 0 Å². The van der Waals surface area contributed by atoms with Crippen molar-refractivity contribution in [2.75, 3.05) is 18.2 Å². The van der Waals surface area contributed by atoms with Crippen molar-refractivity contribution >= 4 is 29.2 Å². The van der Waals surface area contributed by atoms with E-state index in [1.165, 1.54) is 7.11 Å². The topological polar surface area (TPSA) is 87.9 Å². The first kappa shape index (κ1) is 18.7. The van der Waals surface area contributed by atoms with Gasteiger partial charge in [-0.2, -0.15) is 22.1 Å². The Morgan fingerprint density at radius 1 is 1.36 bits per heavy atom. The molecule has 0 radical (unpaired) electrons. The molecule has 0 atom stereocenters. The molecule has 0 amide bonds. The SMILES string of the molecule is COC(=O)CCSCc1cccc(Nc2nnc(C)c(C)c2C#N)c1. The number of nitrogens with one attached hydrogen (secondary N) is 1. The van der Waals surface area contributed by atoms with Crippen molar-refractivity contribution in [3.8, 4) is 6.07 Å². The predicted molar refractivity (Wildman–Crippen MR) is 98.7 cm³/mol. The van der Waals surface area contributed by atoms with Gasteiger partial charge < -0.3 is 10.1 Å². The lowest BCUT2D eigenvalue weighted by Crippen LogP contribution is -2.04. The minimum Gasteiger partial charge on any atom is -0.469 e. The smallest absolute Gasteiger partial charge is 0.306 e. The molecule has 1 aromatic carbocycles. The maximum Gasteiger partial charge on any atom is 0.306 e. The van der Waals surface area contributed by atoms with E-state index in [9.17, 15) is 10.1 Å². The fourth-order valence-corrected chi connectivity index (χ4v) is 3.03. The van der Waals surface area contributed by atoms with E-state index in [0.29, 0.717) is 23.6 Å². The first-order chi connectivity index (χ1) is 12.0. The van der Waals surface area contributed by atoms with E-state index in [0.717, 1.165) is 28.3 Å². The maximum atomic E-state index is 11.1. The molecule has 1 heterocycles. The minimum atomic E-state index is -0.194. The molecule has 6 nitrogen and oxygen atoms in total. The van der Waals surface area contributed by atoms with E-state index in [1.54, 1.807) is 11.8 Å². The van der Waals surface area contributed by atoms with Gasteiger partial charge in [-0.05, 0) is 37.1 Å². The molecule has 2 rings (SSSR count). The average Bonchev–Trinajstić information content (AvgIpc) is 2.62. The van der Waals surface area contributed by atoms with Crippen LogP contribution in [0.2, 0.25) is 0 Å². The highest BCUT2D eigenvalue weighted by atomic mass is 32.2. The molecular weight excluding hydrogens is 336 g/mol. The van der Waals surface area contributed by atoms with Gasteiger partial charge in [-0.3, -0.25) is 4.79 Å². The van der Waals surface area contributed by atoms with Crippen molar-refractivity contribution in [1.82, 2.24) is 10.2 Å². The number of aryl methyl sites for hydroxylation is 1. The van der Waals surface area contributed by atoms with Gasteiger partial charge in [-0.1, -0.05) is 12.1 Å². The van der Waals surface area contributed by atoms with Crippen LogP contribution in [0, 0.1) is 25.2 Å². The van der Waals surface area contributed by atoms with Gasteiger partial charge in [0.15, 0.2) is 5.82 Å². The predicted octanol–water partition coefficient (Wildman–Crippen LogP) is 3.51. The second-order valence-electron chi connectivity index (χ2n) is 5.45. The molecule has 7 heteroatoms. The van der Waals surface area contributed by atoms with Gasteiger partial charge in [0.2, 0.25) is 0 Å². The molecule has 0 saturated heterocycles. The second-order valence-corrected chi connectivity index (χ2v) is 6.56. The number of anilines is 2. The summed E-state index contributed by atoms with van der Waals surface area (Å²) in [6.45, 7) is 3.70. The third kappa shape index (κ3) is 5.19. The second kappa shape index (κ2) is 9.04. The van der Waals surface area contributed by atoms with Crippen molar-refractivity contribution < 1.29 is 9.53 Å². The van der Waals surface area contributed by atoms with Crippen LogP contribution in [0.1, 0.15) is 28.8 Å². The van der Waals surface area contributed by atoms with Gasteiger partial charge >= 0.3 is 5.97 Å². The quantitative estimate of drug-likeness (QED) is 0.600. The first-order valence-electron chi connectivity index (χ1n) is 7.79. The number of methoxy groups -OCH3 is 1. The molecule has 0 spiro atoms. The molecule has 0 fully saturated rings. The number of carbonyl (C=O) groups is 1. The van der Waals surface area contributed by atoms with Crippen LogP contribution < -0.4 is 5.32 Å². The lowest BCUT2D eigenvalue weighted by molar-refractivity contribution is -0.140. The summed E-state index contributed by atoms with van der Waals surface area (Å²) in [6, 6.07) is 10.1. The molecule has 130 valence electrons. The first-order valence-corrected chi connectivity index (χ1v) is 8.95. The maximum absolute atomic E-state index is 11.1. The number of aromatic nitrogens is 2. The van der Waals surface area contributed by atoms with Crippen molar-refractivity contribution in [1.29, 1.82) is 5.26 Å². The number of hydrogen-bond donors (Lipinski definition) is 1. The summed E-state index contributed by atoms with van der Waals surface area (Å²) in [5, 5.41) is 20.7. The lowest BCUT2D eigenvalue weighted by Gasteiger charge is -2.10. The third-order valence-corrected chi connectivity index (χ3v) is 4.73. The normalized spacial score (nSPS) is 10.2. The standard InChI is InChI=1S/C18H20N4O2S/c1-12-13(2)21-22-18(16(12)10-19)20-15-6-4-5-14(9-15)11-25-8-7-17(23)24-3/h4-6,9H,7-8,11H2,1-3H3,(H,20,22). The Hall–Kier alpha value is -2.59. The van der Waals surface area contributed by atoms with E-state index in [2.05, 4.69) is 26.3 Å². The number of rotatable bonds is 7. The molecule has 1 aromatic heterocycles. The third-order valence-electron chi connectivity index (χ3n) is 3.70. The van der Waals surface area contributed by atoms with Crippen LogP contribution in [0.5, 0.6) is 0 Å². The van der Waals surface area contributed by atoms with Gasteiger partial charge in [0.1, 0.15) is 11.6 Å². The van der Waals surface area contributed by atoms with Crippen molar-refractivity contribution in [2.24, 2.45) is 0 Å². The van der Waals surface area contributed by atoms with Crippen LogP contribution in [0.3, 0.4) is 0 Å². The summed E-state index contributed by atoms with van der Waals surface area (Å²) < 4.78 is 4.63. The van der Waals surface area contributed by atoms with Gasteiger partial charge in [0, 0.05) is 17.2 Å². The minimum absolute atomic E-state index is 0.194. The van der Waals surface area contributed by atoms with E-state index in [-0.39, 0.29) is 5.97 Å². The number of hydrogen-bond acceptors (Lipinski definition) is 7. The lowest BCUT2D eigenvalue weighted by atomic mass is 10.1. The Kier molecular flexibility index (Phi) is 6.78. The fraction of sp³-hybridized carbons (Fsp3) is 0.333. The van der Waals surface area contributed by atoms with E-state index >= 15 is 0 Å². The number of carbonyl (C=O) groups excluding carboxylic acids is 1. The van der Waals surface area contributed by atoms with Crippen molar-refractivity contribution in [2.45, 2.75) is 26.0 Å². The molecule has 25 heavy (non-hydrogen) atoms. The summed E-state index contributed by atoms with van der Waals surface area (Å²) in [5.41, 5.74) is 4.05. The molecule has 0 aliphatic carbocycles. The van der Waals surface area contributed by atoms with E-state index in [1.807, 2.05) is 38.1 Å². The summed E-state index contributed by atoms with van der Waals surface area (Å²) >= 11 is 1.67. The average molecular weight is 356 g/mol. The van der Waals surface area contributed by atoms with Crippen LogP contribution >= 0.6 is 11.8 Å². The summed E-state index contributed by atoms with van der Waals surface area (Å²) in [6.07, 6.45) is 0.406. The van der Waals surface area contributed by atoms with Gasteiger partial charge in [0.25, 0.3) is 0 Å². The molecule has 2 aromatic rings. The highest BCUT2D eigenvalue weighted by Gasteiger charge is 2.11. The van der Waals surface area contributed by atoms with Gasteiger partial charge in [0.05, 0.1) is 19.2 Å². The Balaban J connectivity index is 2.04. The van der Waals surface area contributed by atoms with Crippen LogP contribution in [-0.2, 0) is 15.3 Å². The number of nitrogens with zero attached hydrogens (tertiary/aromatic N) is 3. The fourth-order valence-electron chi connectivity index (χ4n) is 2.16. The van der Waals surface area contributed by atoms with Crippen LogP contribution in [0.25, 0.3) is 0 Å². The Morgan fingerprint density at radius 2 is 2.16 bits per heavy atom. The molecule has 1 N–H and O–H groups in total. The summed E-state index contributed by atoms with van der Waals surface area (Å²) in [7, 11) is 1.40. The van der Waals surface area contributed by atoms with Crippen molar-refractivity contribution in [3.05, 3.63) is 46.6 Å². The molecule has 0 bridgehead atoms. The van der Waals surface area contributed by atoms with Crippen molar-refractivity contribution in [3.63, 3.8) is 0 Å². The number of esters is 1. The monoisotopic (exact) mass is 356 g/mol. The number of nitriles is 1. The van der Waals surface area contributed by atoms with Gasteiger partial charge in [-0.25, -0.2) is 0 Å². The molecular formula is C18H20N4O2S.